The Kier molecular flexibility index (Phi) is 3.93. The fourth-order valence-electron chi connectivity index (χ4n) is 2.10. The van der Waals surface area contributed by atoms with E-state index in [0.717, 1.165) is 12.8 Å². The fraction of sp³-hybridized carbons (Fsp3) is 0.909. The van der Waals surface area contributed by atoms with Gasteiger partial charge in [-0.05, 0) is 31.1 Å². The topological polar surface area (TPSA) is 49.3 Å². The molecule has 1 rings (SSSR count). The largest absolute Gasteiger partial charge is 0.396 e. The molecule has 14 heavy (non-hydrogen) atoms. The first kappa shape index (κ1) is 11.5. The molecule has 1 amide bonds. The molecule has 0 bridgehead atoms. The van der Waals surface area contributed by atoms with Gasteiger partial charge in [0.25, 0.3) is 0 Å². The lowest BCUT2D eigenvalue weighted by atomic mass is 9.92. The van der Waals surface area contributed by atoms with Gasteiger partial charge in [0.15, 0.2) is 0 Å². The Balaban J connectivity index is 2.22. The van der Waals surface area contributed by atoms with Gasteiger partial charge >= 0.3 is 0 Å². The highest BCUT2D eigenvalue weighted by molar-refractivity contribution is 5.76. The summed E-state index contributed by atoms with van der Waals surface area (Å²) in [4.78, 5) is 11.3. The van der Waals surface area contributed by atoms with Crippen LogP contribution in [0.3, 0.4) is 0 Å². The van der Waals surface area contributed by atoms with Crippen molar-refractivity contribution in [3.05, 3.63) is 0 Å². The Bertz CT molecular complexity index is 201. The van der Waals surface area contributed by atoms with Crippen molar-refractivity contribution >= 4 is 5.91 Å². The number of hydrogen-bond donors (Lipinski definition) is 2. The van der Waals surface area contributed by atoms with Gasteiger partial charge in [0.05, 0.1) is 0 Å². The van der Waals surface area contributed by atoms with Crippen molar-refractivity contribution in [1.29, 1.82) is 0 Å². The molecule has 0 radical (unpaired) electrons. The molecule has 0 spiro atoms. The number of nitrogens with one attached hydrogen (secondary N) is 1. The first-order valence-electron chi connectivity index (χ1n) is 5.44. The molecule has 1 aliphatic carbocycles. The molecular weight excluding hydrogens is 178 g/mol. The van der Waals surface area contributed by atoms with Gasteiger partial charge in [0.1, 0.15) is 0 Å². The van der Waals surface area contributed by atoms with E-state index in [-0.39, 0.29) is 12.5 Å². The van der Waals surface area contributed by atoms with Crippen LogP contribution in [0.2, 0.25) is 0 Å². The molecule has 3 heteroatoms. The lowest BCUT2D eigenvalue weighted by molar-refractivity contribution is -0.122. The zero-order valence-electron chi connectivity index (χ0n) is 9.18. The Labute approximate surface area is 85.9 Å². The quantitative estimate of drug-likeness (QED) is 0.720. The van der Waals surface area contributed by atoms with Crippen molar-refractivity contribution in [2.45, 2.75) is 52.0 Å². The van der Waals surface area contributed by atoms with Crippen molar-refractivity contribution in [2.75, 3.05) is 6.61 Å². The second kappa shape index (κ2) is 4.78. The van der Waals surface area contributed by atoms with Gasteiger partial charge in [0.2, 0.25) is 5.91 Å². The number of carbonyl (C=O) groups is 1. The van der Waals surface area contributed by atoms with Crippen LogP contribution in [0.25, 0.3) is 0 Å². The van der Waals surface area contributed by atoms with E-state index < -0.39 is 0 Å². The first-order valence-corrected chi connectivity index (χ1v) is 5.44. The number of hydrogen-bond acceptors (Lipinski definition) is 2. The highest BCUT2D eigenvalue weighted by Crippen LogP contribution is 2.36. The molecule has 1 aliphatic rings. The Morgan fingerprint density at radius 1 is 1.57 bits per heavy atom. The maximum atomic E-state index is 11.3. The molecule has 1 atom stereocenters. The van der Waals surface area contributed by atoms with Gasteiger partial charge in [-0.2, -0.15) is 0 Å². The van der Waals surface area contributed by atoms with Crippen LogP contribution in [0.4, 0.5) is 0 Å². The standard InChI is InChI=1S/C11H21NO2/c1-11(2)6-5-9(8-11)12-10(14)4-3-7-13/h9,13H,3-8H2,1-2H3,(H,12,14). The summed E-state index contributed by atoms with van der Waals surface area (Å²) in [7, 11) is 0. The summed E-state index contributed by atoms with van der Waals surface area (Å²) in [5, 5.41) is 11.6. The maximum Gasteiger partial charge on any atom is 0.220 e. The third-order valence-corrected chi connectivity index (χ3v) is 2.90. The molecule has 2 N–H and O–H groups in total. The summed E-state index contributed by atoms with van der Waals surface area (Å²) in [6, 6.07) is 0.358. The van der Waals surface area contributed by atoms with Gasteiger partial charge in [-0.1, -0.05) is 13.8 Å². The molecule has 3 nitrogen and oxygen atoms in total. The van der Waals surface area contributed by atoms with Crippen molar-refractivity contribution in [3.8, 4) is 0 Å². The van der Waals surface area contributed by atoms with E-state index in [0.29, 0.717) is 24.3 Å². The number of amides is 1. The summed E-state index contributed by atoms with van der Waals surface area (Å²) in [6.45, 7) is 4.59. The summed E-state index contributed by atoms with van der Waals surface area (Å²) >= 11 is 0. The summed E-state index contributed by atoms with van der Waals surface area (Å²) in [5.74, 6) is 0.0850. The molecule has 0 aliphatic heterocycles. The molecule has 0 aromatic rings. The number of aliphatic hydroxyl groups is 1. The van der Waals surface area contributed by atoms with E-state index >= 15 is 0 Å². The Hall–Kier alpha value is -0.570. The van der Waals surface area contributed by atoms with Crippen molar-refractivity contribution in [2.24, 2.45) is 5.41 Å². The SMILES string of the molecule is CC1(C)CCC(NC(=O)CCCO)C1. The van der Waals surface area contributed by atoms with Gasteiger partial charge in [-0.15, -0.1) is 0 Å². The van der Waals surface area contributed by atoms with Crippen LogP contribution in [0, 0.1) is 5.41 Å². The normalized spacial score (nSPS) is 24.9. The lowest BCUT2D eigenvalue weighted by Crippen LogP contribution is -2.33. The summed E-state index contributed by atoms with van der Waals surface area (Å²) < 4.78 is 0. The number of carbonyl (C=O) groups excluding carboxylic acids is 1. The maximum absolute atomic E-state index is 11.3. The third kappa shape index (κ3) is 3.66. The van der Waals surface area contributed by atoms with Crippen LogP contribution in [0.1, 0.15) is 46.0 Å². The molecular formula is C11H21NO2. The third-order valence-electron chi connectivity index (χ3n) is 2.90. The molecule has 82 valence electrons. The predicted octanol–water partition coefficient (Wildman–Crippen LogP) is 1.45. The first-order chi connectivity index (χ1) is 6.53. The highest BCUT2D eigenvalue weighted by atomic mass is 16.3. The molecule has 0 heterocycles. The van der Waals surface area contributed by atoms with E-state index in [4.69, 9.17) is 5.11 Å². The minimum Gasteiger partial charge on any atom is -0.396 e. The van der Waals surface area contributed by atoms with Gasteiger partial charge < -0.3 is 10.4 Å². The zero-order chi connectivity index (χ0) is 10.6. The van der Waals surface area contributed by atoms with E-state index in [1.807, 2.05) is 0 Å². The van der Waals surface area contributed by atoms with Crippen molar-refractivity contribution in [1.82, 2.24) is 5.32 Å². The van der Waals surface area contributed by atoms with Crippen LogP contribution in [0.5, 0.6) is 0 Å². The fourth-order valence-corrected chi connectivity index (χ4v) is 2.10. The van der Waals surface area contributed by atoms with Crippen LogP contribution in [-0.2, 0) is 4.79 Å². The minimum atomic E-state index is 0.0850. The van der Waals surface area contributed by atoms with Gasteiger partial charge in [0, 0.05) is 19.1 Å². The molecule has 1 fully saturated rings. The van der Waals surface area contributed by atoms with E-state index in [2.05, 4.69) is 19.2 Å². The van der Waals surface area contributed by atoms with Crippen molar-refractivity contribution in [3.63, 3.8) is 0 Å². The van der Waals surface area contributed by atoms with E-state index in [1.54, 1.807) is 0 Å². The van der Waals surface area contributed by atoms with Crippen LogP contribution in [-0.4, -0.2) is 23.7 Å². The molecule has 1 unspecified atom stereocenters. The molecule has 0 aromatic heterocycles. The van der Waals surface area contributed by atoms with Crippen molar-refractivity contribution < 1.29 is 9.90 Å². The average molecular weight is 199 g/mol. The van der Waals surface area contributed by atoms with Crippen LogP contribution < -0.4 is 5.32 Å². The smallest absolute Gasteiger partial charge is 0.220 e. The molecule has 0 saturated heterocycles. The minimum absolute atomic E-state index is 0.0850. The average Bonchev–Trinajstić information content (AvgIpc) is 2.42. The monoisotopic (exact) mass is 199 g/mol. The Morgan fingerprint density at radius 2 is 2.29 bits per heavy atom. The van der Waals surface area contributed by atoms with Crippen LogP contribution in [0.15, 0.2) is 0 Å². The Morgan fingerprint density at radius 3 is 2.79 bits per heavy atom. The van der Waals surface area contributed by atoms with E-state index in [9.17, 15) is 4.79 Å². The molecule has 0 aromatic carbocycles. The highest BCUT2D eigenvalue weighted by Gasteiger charge is 2.31. The van der Waals surface area contributed by atoms with Gasteiger partial charge in [-0.3, -0.25) is 4.79 Å². The second-order valence-electron chi connectivity index (χ2n) is 5.00. The summed E-state index contributed by atoms with van der Waals surface area (Å²) in [5.41, 5.74) is 0.384. The van der Waals surface area contributed by atoms with Gasteiger partial charge in [-0.25, -0.2) is 0 Å². The van der Waals surface area contributed by atoms with Crippen LogP contribution >= 0.6 is 0 Å². The zero-order valence-corrected chi connectivity index (χ0v) is 9.18. The lowest BCUT2D eigenvalue weighted by Gasteiger charge is -2.17. The number of aliphatic hydroxyl groups excluding tert-OH is 1. The predicted molar refractivity (Wildman–Crippen MR) is 55.9 cm³/mol. The summed E-state index contributed by atoms with van der Waals surface area (Å²) in [6.07, 6.45) is 4.39. The number of rotatable bonds is 4. The van der Waals surface area contributed by atoms with E-state index in [1.165, 1.54) is 6.42 Å². The second-order valence-corrected chi connectivity index (χ2v) is 5.00. The molecule has 1 saturated carbocycles.